The summed E-state index contributed by atoms with van der Waals surface area (Å²) >= 11 is 0. The van der Waals surface area contributed by atoms with Gasteiger partial charge in [-0.2, -0.15) is 4.98 Å². The minimum absolute atomic E-state index is 0.282. The highest BCUT2D eigenvalue weighted by molar-refractivity contribution is 5.64. The lowest BCUT2D eigenvalue weighted by atomic mass is 10.2. The molecule has 2 aromatic rings. The van der Waals surface area contributed by atoms with E-state index in [-0.39, 0.29) is 6.79 Å². The van der Waals surface area contributed by atoms with Gasteiger partial charge in [0.15, 0.2) is 11.5 Å². The van der Waals surface area contributed by atoms with Crippen LogP contribution in [0.5, 0.6) is 11.5 Å². The summed E-state index contributed by atoms with van der Waals surface area (Å²) in [6.45, 7) is 4.35. The zero-order chi connectivity index (χ0) is 14.9. The van der Waals surface area contributed by atoms with E-state index in [1.807, 2.05) is 31.3 Å². The second-order valence-corrected chi connectivity index (χ2v) is 5.59. The van der Waals surface area contributed by atoms with Crippen LogP contribution < -0.4 is 19.7 Å². The summed E-state index contributed by atoms with van der Waals surface area (Å²) in [5, 5.41) is 3.35. The summed E-state index contributed by atoms with van der Waals surface area (Å²) in [5.41, 5.74) is 1.94. The molecule has 1 aromatic carbocycles. The quantitative estimate of drug-likeness (QED) is 0.940. The molecule has 6 heteroatoms. The molecular formula is C16H18N4O2. The normalized spacial score (nSPS) is 16.1. The van der Waals surface area contributed by atoms with Crippen LogP contribution in [0.2, 0.25) is 0 Å². The first-order valence-corrected chi connectivity index (χ1v) is 7.55. The van der Waals surface area contributed by atoms with Gasteiger partial charge >= 0.3 is 0 Å². The third-order valence-corrected chi connectivity index (χ3v) is 3.98. The van der Waals surface area contributed by atoms with Gasteiger partial charge in [0.25, 0.3) is 0 Å². The Balaban J connectivity index is 1.60. The van der Waals surface area contributed by atoms with Crippen molar-refractivity contribution in [3.63, 3.8) is 0 Å². The van der Waals surface area contributed by atoms with Crippen molar-refractivity contribution in [3.8, 4) is 11.5 Å². The van der Waals surface area contributed by atoms with Crippen molar-refractivity contribution in [2.24, 2.45) is 0 Å². The van der Waals surface area contributed by atoms with Crippen molar-refractivity contribution in [3.05, 3.63) is 30.0 Å². The highest BCUT2D eigenvalue weighted by atomic mass is 16.7. The molecule has 0 amide bonds. The zero-order valence-electron chi connectivity index (χ0n) is 12.5. The van der Waals surface area contributed by atoms with Crippen molar-refractivity contribution >= 4 is 17.5 Å². The van der Waals surface area contributed by atoms with E-state index in [2.05, 4.69) is 20.2 Å². The van der Waals surface area contributed by atoms with E-state index in [1.54, 1.807) is 0 Å². The maximum Gasteiger partial charge on any atom is 0.231 e. The van der Waals surface area contributed by atoms with E-state index in [0.717, 1.165) is 47.6 Å². The van der Waals surface area contributed by atoms with E-state index in [4.69, 9.17) is 9.47 Å². The number of aryl methyl sites for hydroxylation is 1. The summed E-state index contributed by atoms with van der Waals surface area (Å²) in [6.07, 6.45) is 4.29. The number of hydrogen-bond donors (Lipinski definition) is 1. The fraction of sp³-hybridized carbons (Fsp3) is 0.375. The molecule has 22 heavy (non-hydrogen) atoms. The molecule has 0 bridgehead atoms. The molecule has 6 nitrogen and oxygen atoms in total. The molecule has 1 saturated heterocycles. The second kappa shape index (κ2) is 5.36. The molecule has 0 saturated carbocycles. The highest BCUT2D eigenvalue weighted by Gasteiger charge is 2.17. The van der Waals surface area contributed by atoms with Crippen LogP contribution in [-0.2, 0) is 0 Å². The van der Waals surface area contributed by atoms with Gasteiger partial charge in [-0.3, -0.25) is 0 Å². The SMILES string of the molecule is Cc1cnc(N2CCCC2)nc1Nc1ccc2c(c1)OCO2. The number of nitrogens with one attached hydrogen (secondary N) is 1. The first kappa shape index (κ1) is 13.2. The van der Waals surface area contributed by atoms with Crippen molar-refractivity contribution < 1.29 is 9.47 Å². The van der Waals surface area contributed by atoms with Gasteiger partial charge in [0, 0.05) is 36.6 Å². The fourth-order valence-electron chi connectivity index (χ4n) is 2.74. The average molecular weight is 298 g/mol. The lowest BCUT2D eigenvalue weighted by molar-refractivity contribution is 0.174. The molecule has 1 N–H and O–H groups in total. The van der Waals surface area contributed by atoms with E-state index in [1.165, 1.54) is 12.8 Å². The number of benzene rings is 1. The van der Waals surface area contributed by atoms with Crippen LogP contribution >= 0.6 is 0 Å². The minimum Gasteiger partial charge on any atom is -0.454 e. The van der Waals surface area contributed by atoms with Crippen molar-refractivity contribution in [1.29, 1.82) is 0 Å². The van der Waals surface area contributed by atoms with Gasteiger partial charge in [-0.05, 0) is 31.9 Å². The van der Waals surface area contributed by atoms with Crippen LogP contribution in [0.1, 0.15) is 18.4 Å². The largest absolute Gasteiger partial charge is 0.454 e. The molecular weight excluding hydrogens is 280 g/mol. The molecule has 0 aliphatic carbocycles. The Morgan fingerprint density at radius 3 is 2.82 bits per heavy atom. The zero-order valence-corrected chi connectivity index (χ0v) is 12.5. The minimum atomic E-state index is 0.282. The maximum absolute atomic E-state index is 5.41. The molecule has 3 heterocycles. The molecule has 0 spiro atoms. The van der Waals surface area contributed by atoms with Crippen LogP contribution in [0.25, 0.3) is 0 Å². The number of rotatable bonds is 3. The van der Waals surface area contributed by atoms with Gasteiger partial charge in [-0.15, -0.1) is 0 Å². The van der Waals surface area contributed by atoms with Gasteiger partial charge in [-0.1, -0.05) is 0 Å². The molecule has 1 fully saturated rings. The highest BCUT2D eigenvalue weighted by Crippen LogP contribution is 2.35. The molecule has 2 aliphatic rings. The van der Waals surface area contributed by atoms with Gasteiger partial charge in [0.2, 0.25) is 12.7 Å². The summed E-state index contributed by atoms with van der Waals surface area (Å²) in [7, 11) is 0. The Bertz CT molecular complexity index is 699. The predicted octanol–water partition coefficient (Wildman–Crippen LogP) is 2.86. The third-order valence-electron chi connectivity index (χ3n) is 3.98. The lowest BCUT2D eigenvalue weighted by Crippen LogP contribution is -2.20. The Labute approximate surface area is 129 Å². The number of anilines is 3. The number of aromatic nitrogens is 2. The monoisotopic (exact) mass is 298 g/mol. The predicted molar refractivity (Wildman–Crippen MR) is 84.1 cm³/mol. The van der Waals surface area contributed by atoms with Gasteiger partial charge in [-0.25, -0.2) is 4.98 Å². The Morgan fingerprint density at radius 1 is 1.14 bits per heavy atom. The lowest BCUT2D eigenvalue weighted by Gasteiger charge is -2.17. The van der Waals surface area contributed by atoms with Crippen LogP contribution in [-0.4, -0.2) is 29.9 Å². The fourth-order valence-corrected chi connectivity index (χ4v) is 2.74. The Hall–Kier alpha value is -2.50. The standard InChI is InChI=1S/C16H18N4O2/c1-11-9-17-16(20-6-2-3-7-20)19-15(11)18-12-4-5-13-14(8-12)22-10-21-13/h4-5,8-9H,2-3,6-7,10H2,1H3,(H,17,18,19). The van der Waals surface area contributed by atoms with Crippen LogP contribution in [0, 0.1) is 6.92 Å². The first-order chi connectivity index (χ1) is 10.8. The van der Waals surface area contributed by atoms with E-state index < -0.39 is 0 Å². The van der Waals surface area contributed by atoms with Crippen LogP contribution in [0.15, 0.2) is 24.4 Å². The van der Waals surface area contributed by atoms with E-state index >= 15 is 0 Å². The summed E-state index contributed by atoms with van der Waals surface area (Å²) < 4.78 is 10.7. The molecule has 0 atom stereocenters. The second-order valence-electron chi connectivity index (χ2n) is 5.59. The summed E-state index contributed by atoms with van der Waals surface area (Å²) in [4.78, 5) is 11.4. The van der Waals surface area contributed by atoms with Gasteiger partial charge in [0.05, 0.1) is 0 Å². The number of hydrogen-bond acceptors (Lipinski definition) is 6. The molecule has 2 aliphatic heterocycles. The molecule has 114 valence electrons. The van der Waals surface area contributed by atoms with Crippen LogP contribution in [0.4, 0.5) is 17.5 Å². The van der Waals surface area contributed by atoms with Gasteiger partial charge in [0.1, 0.15) is 5.82 Å². The van der Waals surface area contributed by atoms with Crippen molar-refractivity contribution in [2.45, 2.75) is 19.8 Å². The number of fused-ring (bicyclic) bond motifs is 1. The summed E-state index contributed by atoms with van der Waals surface area (Å²) in [6, 6.07) is 5.80. The van der Waals surface area contributed by atoms with Crippen molar-refractivity contribution in [1.82, 2.24) is 9.97 Å². The molecule has 1 aromatic heterocycles. The third kappa shape index (κ3) is 2.41. The van der Waals surface area contributed by atoms with E-state index in [9.17, 15) is 0 Å². The Kier molecular flexibility index (Phi) is 3.21. The molecule has 0 radical (unpaired) electrons. The molecule has 0 unspecified atom stereocenters. The first-order valence-electron chi connectivity index (χ1n) is 7.55. The Morgan fingerprint density at radius 2 is 1.95 bits per heavy atom. The average Bonchev–Trinajstić information content (AvgIpc) is 3.19. The molecule has 4 rings (SSSR count). The topological polar surface area (TPSA) is 59.5 Å². The number of nitrogens with zero attached hydrogens (tertiary/aromatic N) is 3. The smallest absolute Gasteiger partial charge is 0.231 e. The maximum atomic E-state index is 5.41. The van der Waals surface area contributed by atoms with E-state index in [0.29, 0.717) is 0 Å². The number of ether oxygens (including phenoxy) is 2. The summed E-state index contributed by atoms with van der Waals surface area (Å²) in [5.74, 6) is 3.17. The van der Waals surface area contributed by atoms with Crippen LogP contribution in [0.3, 0.4) is 0 Å². The van der Waals surface area contributed by atoms with Gasteiger partial charge < -0.3 is 19.7 Å². The van der Waals surface area contributed by atoms with Crippen molar-refractivity contribution in [2.75, 3.05) is 30.1 Å².